The number of aromatic nitrogens is 2. The number of rotatable bonds is 5. The van der Waals surface area contributed by atoms with Crippen molar-refractivity contribution in [3.63, 3.8) is 0 Å². The van der Waals surface area contributed by atoms with Gasteiger partial charge in [-0.05, 0) is 47.7 Å². The Morgan fingerprint density at radius 1 is 1.36 bits per heavy atom. The molecule has 1 amide bonds. The molecule has 0 aliphatic heterocycles. The van der Waals surface area contributed by atoms with Gasteiger partial charge in [0.25, 0.3) is 0 Å². The summed E-state index contributed by atoms with van der Waals surface area (Å²) in [5.74, 6) is -0.301. The highest BCUT2D eigenvalue weighted by atomic mass is 19.1. The number of nitrogens with zero attached hydrogens (tertiary/aromatic N) is 2. The molecular weight excluding hydrogens is 357 g/mol. The average molecular weight is 377 g/mol. The molecule has 2 aromatic carbocycles. The van der Waals surface area contributed by atoms with Crippen LogP contribution in [0.1, 0.15) is 29.2 Å². The number of methoxy groups -OCH3 is 1. The summed E-state index contributed by atoms with van der Waals surface area (Å²) >= 11 is 0. The highest BCUT2D eigenvalue weighted by Crippen LogP contribution is 2.31. The molecule has 0 fully saturated rings. The Hall–Kier alpha value is -3.41. The van der Waals surface area contributed by atoms with E-state index in [0.717, 1.165) is 12.8 Å². The highest BCUT2D eigenvalue weighted by Gasteiger charge is 2.22. The minimum atomic E-state index is -0.456. The van der Waals surface area contributed by atoms with Crippen LogP contribution in [-0.4, -0.2) is 22.6 Å². The predicted octanol–water partition coefficient (Wildman–Crippen LogP) is 3.84. The van der Waals surface area contributed by atoms with Gasteiger partial charge < -0.3 is 14.6 Å². The first-order chi connectivity index (χ1) is 13.7. The normalized spacial score (nSPS) is 15.6. The molecule has 1 aliphatic carbocycles. The lowest BCUT2D eigenvalue weighted by Gasteiger charge is -2.13. The number of carbonyl (C=O) groups excluding carboxylic acids is 1. The molecular formula is C22H20FN3O2. The number of amides is 1. The molecule has 4 rings (SSSR count). The van der Waals surface area contributed by atoms with E-state index in [1.165, 1.54) is 36.7 Å². The van der Waals surface area contributed by atoms with Crippen molar-refractivity contribution in [1.82, 2.24) is 14.9 Å². The Kier molecular flexibility index (Phi) is 4.93. The maximum atomic E-state index is 14.6. The molecule has 28 heavy (non-hydrogen) atoms. The van der Waals surface area contributed by atoms with Gasteiger partial charge in [0.1, 0.15) is 11.4 Å². The third-order valence-electron chi connectivity index (χ3n) is 4.91. The van der Waals surface area contributed by atoms with Gasteiger partial charge in [-0.25, -0.2) is 9.37 Å². The van der Waals surface area contributed by atoms with Crippen LogP contribution < -0.4 is 10.1 Å². The second kappa shape index (κ2) is 7.68. The fourth-order valence-corrected chi connectivity index (χ4v) is 3.59. The number of imidazole rings is 1. The SMILES string of the molecule is COc1cc(C=CC(=O)NC2CCc3ccccc32)cc(F)c1-n1ccnc1. The predicted molar refractivity (Wildman–Crippen MR) is 105 cm³/mol. The van der Waals surface area contributed by atoms with E-state index in [9.17, 15) is 9.18 Å². The van der Waals surface area contributed by atoms with Gasteiger partial charge in [0.05, 0.1) is 19.5 Å². The van der Waals surface area contributed by atoms with Crippen molar-refractivity contribution in [2.75, 3.05) is 7.11 Å². The van der Waals surface area contributed by atoms with Crippen molar-refractivity contribution >= 4 is 12.0 Å². The van der Waals surface area contributed by atoms with Crippen molar-refractivity contribution in [2.45, 2.75) is 18.9 Å². The summed E-state index contributed by atoms with van der Waals surface area (Å²) in [7, 11) is 1.48. The lowest BCUT2D eigenvalue weighted by molar-refractivity contribution is -0.117. The Bertz CT molecular complexity index is 1030. The van der Waals surface area contributed by atoms with Crippen molar-refractivity contribution < 1.29 is 13.9 Å². The van der Waals surface area contributed by atoms with Crippen LogP contribution in [0.15, 0.2) is 61.2 Å². The Morgan fingerprint density at radius 2 is 2.21 bits per heavy atom. The van der Waals surface area contributed by atoms with Crippen LogP contribution in [0, 0.1) is 5.82 Å². The summed E-state index contributed by atoms with van der Waals surface area (Å²) in [4.78, 5) is 16.3. The first-order valence-corrected chi connectivity index (χ1v) is 9.08. The number of ether oxygens (including phenoxy) is 1. The van der Waals surface area contributed by atoms with Crippen molar-refractivity contribution in [3.8, 4) is 11.4 Å². The average Bonchev–Trinajstić information content (AvgIpc) is 3.36. The zero-order chi connectivity index (χ0) is 19.5. The fraction of sp³-hybridized carbons (Fsp3) is 0.182. The van der Waals surface area contributed by atoms with E-state index in [-0.39, 0.29) is 17.6 Å². The first kappa shape index (κ1) is 18.0. The molecule has 6 heteroatoms. The van der Waals surface area contributed by atoms with E-state index in [2.05, 4.69) is 16.4 Å². The maximum Gasteiger partial charge on any atom is 0.244 e. The van der Waals surface area contributed by atoms with E-state index in [1.54, 1.807) is 29.1 Å². The molecule has 142 valence electrons. The van der Waals surface area contributed by atoms with Gasteiger partial charge in [-0.2, -0.15) is 0 Å². The molecule has 1 unspecified atom stereocenters. The van der Waals surface area contributed by atoms with Gasteiger partial charge in [-0.1, -0.05) is 24.3 Å². The summed E-state index contributed by atoms with van der Waals surface area (Å²) < 4.78 is 21.5. The third-order valence-corrected chi connectivity index (χ3v) is 4.91. The summed E-state index contributed by atoms with van der Waals surface area (Å²) in [5, 5.41) is 3.02. The van der Waals surface area contributed by atoms with Crippen LogP contribution in [0.2, 0.25) is 0 Å². The van der Waals surface area contributed by atoms with Crippen molar-refractivity contribution in [3.05, 3.63) is 83.7 Å². The van der Waals surface area contributed by atoms with Crippen LogP contribution >= 0.6 is 0 Å². The van der Waals surface area contributed by atoms with E-state index in [4.69, 9.17) is 4.74 Å². The molecule has 0 saturated heterocycles. The van der Waals surface area contributed by atoms with Gasteiger partial charge in [-0.3, -0.25) is 4.79 Å². The standard InChI is InChI=1S/C22H20FN3O2/c1-28-20-13-15(12-18(23)22(20)26-11-10-24-14-26)6-9-21(27)25-19-8-7-16-4-2-3-5-17(16)19/h2-6,9-14,19H,7-8H2,1H3,(H,25,27). The number of nitrogens with one attached hydrogen (secondary N) is 1. The van der Waals surface area contributed by atoms with Crippen molar-refractivity contribution in [2.24, 2.45) is 0 Å². The molecule has 3 aromatic rings. The zero-order valence-corrected chi connectivity index (χ0v) is 15.4. The topological polar surface area (TPSA) is 56.1 Å². The Balaban J connectivity index is 1.50. The van der Waals surface area contributed by atoms with E-state index >= 15 is 0 Å². The molecule has 1 atom stereocenters. The monoisotopic (exact) mass is 377 g/mol. The molecule has 0 spiro atoms. The highest BCUT2D eigenvalue weighted by molar-refractivity contribution is 5.92. The number of carbonyl (C=O) groups is 1. The summed E-state index contributed by atoms with van der Waals surface area (Å²) in [6.07, 6.45) is 9.57. The molecule has 5 nitrogen and oxygen atoms in total. The second-order valence-corrected chi connectivity index (χ2v) is 6.66. The summed E-state index contributed by atoms with van der Waals surface area (Å²) in [6.45, 7) is 0. The Morgan fingerprint density at radius 3 is 3.00 bits per heavy atom. The van der Waals surface area contributed by atoms with E-state index < -0.39 is 5.82 Å². The molecule has 0 radical (unpaired) electrons. The number of fused-ring (bicyclic) bond motifs is 1. The third kappa shape index (κ3) is 3.53. The van der Waals surface area contributed by atoms with Gasteiger partial charge >= 0.3 is 0 Å². The Labute approximate surface area is 162 Å². The lowest BCUT2D eigenvalue weighted by Crippen LogP contribution is -2.25. The minimum Gasteiger partial charge on any atom is -0.494 e. The van der Waals surface area contributed by atoms with Crippen LogP contribution in [0.4, 0.5) is 4.39 Å². The van der Waals surface area contributed by atoms with Gasteiger partial charge in [0.2, 0.25) is 5.91 Å². The quantitative estimate of drug-likeness (QED) is 0.688. The van der Waals surface area contributed by atoms with Crippen LogP contribution in [-0.2, 0) is 11.2 Å². The minimum absolute atomic E-state index is 0.0169. The fourth-order valence-electron chi connectivity index (χ4n) is 3.59. The molecule has 0 bridgehead atoms. The van der Waals surface area contributed by atoms with E-state index in [1.807, 2.05) is 18.2 Å². The van der Waals surface area contributed by atoms with Gasteiger partial charge in [0, 0.05) is 18.5 Å². The van der Waals surface area contributed by atoms with Crippen LogP contribution in [0.5, 0.6) is 5.75 Å². The summed E-state index contributed by atoms with van der Waals surface area (Å²) in [6, 6.07) is 11.2. The van der Waals surface area contributed by atoms with Crippen LogP contribution in [0.25, 0.3) is 11.8 Å². The number of hydrogen-bond donors (Lipinski definition) is 1. The van der Waals surface area contributed by atoms with Crippen molar-refractivity contribution in [1.29, 1.82) is 0 Å². The number of hydrogen-bond acceptors (Lipinski definition) is 3. The molecule has 0 saturated carbocycles. The number of aryl methyl sites for hydroxylation is 1. The number of halogens is 1. The molecule has 1 heterocycles. The smallest absolute Gasteiger partial charge is 0.244 e. The van der Waals surface area contributed by atoms with Gasteiger partial charge in [-0.15, -0.1) is 0 Å². The first-order valence-electron chi connectivity index (χ1n) is 9.08. The molecule has 1 N–H and O–H groups in total. The zero-order valence-electron chi connectivity index (χ0n) is 15.4. The van der Waals surface area contributed by atoms with Crippen LogP contribution in [0.3, 0.4) is 0 Å². The summed E-state index contributed by atoms with van der Waals surface area (Å²) in [5.41, 5.74) is 3.27. The lowest BCUT2D eigenvalue weighted by atomic mass is 10.1. The van der Waals surface area contributed by atoms with Gasteiger partial charge in [0.15, 0.2) is 5.82 Å². The maximum absolute atomic E-state index is 14.6. The number of benzene rings is 2. The molecule has 1 aromatic heterocycles. The van der Waals surface area contributed by atoms with E-state index in [0.29, 0.717) is 11.3 Å². The largest absolute Gasteiger partial charge is 0.494 e. The second-order valence-electron chi connectivity index (χ2n) is 6.66. The molecule has 1 aliphatic rings.